The Hall–Kier alpha value is -0.780. The molecule has 0 amide bonds. The van der Waals surface area contributed by atoms with E-state index in [9.17, 15) is 5.11 Å². The standard InChI is InChI=1S/C13H20BrNO3/c1-13(2,7-15)12(16)8-5-10(17-3)11(18-4)6-9(8)14/h5-6,12,16H,7,15H2,1-4H3. The molecule has 0 aliphatic rings. The van der Waals surface area contributed by atoms with Gasteiger partial charge in [-0.1, -0.05) is 29.8 Å². The minimum Gasteiger partial charge on any atom is -0.493 e. The molecule has 0 bridgehead atoms. The number of halogens is 1. The second kappa shape index (κ2) is 5.91. The molecule has 1 aromatic rings. The zero-order valence-corrected chi connectivity index (χ0v) is 12.7. The number of hydrogen-bond acceptors (Lipinski definition) is 4. The molecule has 1 atom stereocenters. The maximum atomic E-state index is 10.4. The van der Waals surface area contributed by atoms with E-state index in [-0.39, 0.29) is 0 Å². The van der Waals surface area contributed by atoms with Crippen LogP contribution in [0.3, 0.4) is 0 Å². The Balaban J connectivity index is 3.25. The van der Waals surface area contributed by atoms with E-state index in [0.29, 0.717) is 18.0 Å². The highest BCUT2D eigenvalue weighted by Gasteiger charge is 2.30. The van der Waals surface area contributed by atoms with Gasteiger partial charge in [0.25, 0.3) is 0 Å². The summed E-state index contributed by atoms with van der Waals surface area (Å²) in [4.78, 5) is 0. The van der Waals surface area contributed by atoms with Gasteiger partial charge < -0.3 is 20.3 Å². The van der Waals surface area contributed by atoms with Gasteiger partial charge in [-0.15, -0.1) is 0 Å². The Morgan fingerprint density at radius 3 is 2.22 bits per heavy atom. The van der Waals surface area contributed by atoms with Gasteiger partial charge in [0, 0.05) is 16.4 Å². The Bertz CT molecular complexity index is 421. The van der Waals surface area contributed by atoms with Gasteiger partial charge in [0.05, 0.1) is 20.3 Å². The van der Waals surface area contributed by atoms with E-state index in [1.165, 1.54) is 0 Å². The van der Waals surface area contributed by atoms with Gasteiger partial charge in [0.2, 0.25) is 0 Å². The lowest BCUT2D eigenvalue weighted by atomic mass is 9.83. The van der Waals surface area contributed by atoms with E-state index in [1.54, 1.807) is 26.4 Å². The average molecular weight is 318 g/mol. The van der Waals surface area contributed by atoms with Crippen LogP contribution in [-0.4, -0.2) is 25.9 Å². The van der Waals surface area contributed by atoms with Crippen LogP contribution in [0.15, 0.2) is 16.6 Å². The highest BCUT2D eigenvalue weighted by atomic mass is 79.9. The Kier molecular flexibility index (Phi) is 5.01. The molecule has 0 aromatic heterocycles. The van der Waals surface area contributed by atoms with Gasteiger partial charge >= 0.3 is 0 Å². The van der Waals surface area contributed by atoms with Crippen LogP contribution in [-0.2, 0) is 0 Å². The number of rotatable bonds is 5. The fourth-order valence-electron chi connectivity index (χ4n) is 1.61. The topological polar surface area (TPSA) is 64.7 Å². The summed E-state index contributed by atoms with van der Waals surface area (Å²) in [5, 5.41) is 10.4. The van der Waals surface area contributed by atoms with Crippen molar-refractivity contribution < 1.29 is 14.6 Å². The van der Waals surface area contributed by atoms with E-state index in [0.717, 1.165) is 10.0 Å². The van der Waals surface area contributed by atoms with Crippen molar-refractivity contribution in [3.63, 3.8) is 0 Å². The number of methoxy groups -OCH3 is 2. The number of nitrogens with two attached hydrogens (primary N) is 1. The number of hydrogen-bond donors (Lipinski definition) is 2. The van der Waals surface area contributed by atoms with E-state index < -0.39 is 11.5 Å². The molecular weight excluding hydrogens is 298 g/mol. The molecule has 0 saturated carbocycles. The zero-order valence-electron chi connectivity index (χ0n) is 11.2. The van der Waals surface area contributed by atoms with Crippen molar-refractivity contribution in [2.24, 2.45) is 11.1 Å². The predicted molar refractivity (Wildman–Crippen MR) is 75.0 cm³/mol. The molecule has 0 spiro atoms. The number of benzene rings is 1. The molecule has 102 valence electrons. The first-order chi connectivity index (χ1) is 8.37. The van der Waals surface area contributed by atoms with Crippen LogP contribution in [0.2, 0.25) is 0 Å². The van der Waals surface area contributed by atoms with Crippen LogP contribution in [0.4, 0.5) is 0 Å². The fraction of sp³-hybridized carbons (Fsp3) is 0.538. The smallest absolute Gasteiger partial charge is 0.161 e. The first-order valence-corrected chi connectivity index (χ1v) is 6.46. The van der Waals surface area contributed by atoms with Gasteiger partial charge in [-0.05, 0) is 17.7 Å². The molecule has 4 nitrogen and oxygen atoms in total. The van der Waals surface area contributed by atoms with E-state index >= 15 is 0 Å². The van der Waals surface area contributed by atoms with Crippen LogP contribution in [0.25, 0.3) is 0 Å². The summed E-state index contributed by atoms with van der Waals surface area (Å²) in [5.41, 5.74) is 6.01. The number of ether oxygens (including phenoxy) is 2. The highest BCUT2D eigenvalue weighted by molar-refractivity contribution is 9.10. The third-order valence-corrected chi connectivity index (χ3v) is 3.75. The first-order valence-electron chi connectivity index (χ1n) is 5.67. The lowest BCUT2D eigenvalue weighted by Crippen LogP contribution is -2.31. The molecule has 1 aromatic carbocycles. The summed E-state index contributed by atoms with van der Waals surface area (Å²) in [5.74, 6) is 1.20. The zero-order chi connectivity index (χ0) is 13.9. The predicted octanol–water partition coefficient (Wildman–Crippen LogP) is 2.48. The molecule has 0 aliphatic carbocycles. The van der Waals surface area contributed by atoms with Gasteiger partial charge in [0.1, 0.15) is 0 Å². The van der Waals surface area contributed by atoms with Gasteiger partial charge in [0.15, 0.2) is 11.5 Å². The summed E-state index contributed by atoms with van der Waals surface area (Å²) in [6, 6.07) is 3.55. The molecule has 1 unspecified atom stereocenters. The summed E-state index contributed by atoms with van der Waals surface area (Å²) >= 11 is 3.44. The average Bonchev–Trinajstić information content (AvgIpc) is 2.37. The van der Waals surface area contributed by atoms with Crippen molar-refractivity contribution in [3.8, 4) is 11.5 Å². The fourth-order valence-corrected chi connectivity index (χ4v) is 2.15. The molecule has 5 heteroatoms. The van der Waals surface area contributed by atoms with E-state index in [2.05, 4.69) is 15.9 Å². The third-order valence-electron chi connectivity index (χ3n) is 3.06. The first kappa shape index (κ1) is 15.3. The highest BCUT2D eigenvalue weighted by Crippen LogP contribution is 2.41. The second-order valence-corrected chi connectivity index (χ2v) is 5.68. The molecule has 0 fully saturated rings. The van der Waals surface area contributed by atoms with Crippen LogP contribution in [0, 0.1) is 5.41 Å². The summed E-state index contributed by atoms with van der Waals surface area (Å²) in [6.07, 6.45) is -0.684. The largest absolute Gasteiger partial charge is 0.493 e. The van der Waals surface area contributed by atoms with Gasteiger partial charge in [-0.25, -0.2) is 0 Å². The minimum absolute atomic E-state index is 0.384. The van der Waals surface area contributed by atoms with Crippen LogP contribution in [0.1, 0.15) is 25.5 Å². The van der Waals surface area contributed by atoms with Gasteiger partial charge in [-0.3, -0.25) is 0 Å². The molecule has 3 N–H and O–H groups in total. The minimum atomic E-state index is -0.684. The molecule has 0 saturated heterocycles. The van der Waals surface area contributed by atoms with Crippen LogP contribution >= 0.6 is 15.9 Å². The molecule has 18 heavy (non-hydrogen) atoms. The summed E-state index contributed by atoms with van der Waals surface area (Å²) < 4.78 is 11.2. The molecular formula is C13H20BrNO3. The second-order valence-electron chi connectivity index (χ2n) is 4.82. The van der Waals surface area contributed by atoms with Crippen LogP contribution in [0.5, 0.6) is 11.5 Å². The van der Waals surface area contributed by atoms with E-state index in [4.69, 9.17) is 15.2 Å². The maximum absolute atomic E-state index is 10.4. The normalized spacial score (nSPS) is 13.3. The van der Waals surface area contributed by atoms with Crippen molar-refractivity contribution in [2.45, 2.75) is 20.0 Å². The van der Waals surface area contributed by atoms with E-state index in [1.807, 2.05) is 13.8 Å². The lowest BCUT2D eigenvalue weighted by Gasteiger charge is -2.30. The number of aliphatic hydroxyl groups is 1. The molecule has 0 heterocycles. The Morgan fingerprint density at radius 2 is 1.78 bits per heavy atom. The van der Waals surface area contributed by atoms with Crippen molar-refractivity contribution >= 4 is 15.9 Å². The van der Waals surface area contributed by atoms with Crippen molar-refractivity contribution in [1.82, 2.24) is 0 Å². The SMILES string of the molecule is COc1cc(Br)c(C(O)C(C)(C)CN)cc1OC. The Morgan fingerprint density at radius 1 is 1.28 bits per heavy atom. The maximum Gasteiger partial charge on any atom is 0.161 e. The van der Waals surface area contributed by atoms with Crippen molar-refractivity contribution in [2.75, 3.05) is 20.8 Å². The quantitative estimate of drug-likeness (QED) is 0.875. The number of aliphatic hydroxyl groups excluding tert-OH is 1. The summed E-state index contributed by atoms with van der Waals surface area (Å²) in [7, 11) is 3.14. The summed E-state index contributed by atoms with van der Waals surface area (Å²) in [6.45, 7) is 4.22. The van der Waals surface area contributed by atoms with Crippen LogP contribution < -0.4 is 15.2 Å². The Labute approximate surface area is 116 Å². The lowest BCUT2D eigenvalue weighted by molar-refractivity contribution is 0.0547. The van der Waals surface area contributed by atoms with Gasteiger partial charge in [-0.2, -0.15) is 0 Å². The monoisotopic (exact) mass is 317 g/mol. The third kappa shape index (κ3) is 2.96. The molecule has 1 rings (SSSR count). The van der Waals surface area contributed by atoms with Crippen molar-refractivity contribution in [1.29, 1.82) is 0 Å². The molecule has 0 aliphatic heterocycles. The molecule has 0 radical (unpaired) electrons. The van der Waals surface area contributed by atoms with Crippen molar-refractivity contribution in [3.05, 3.63) is 22.2 Å².